The molecule has 5 nitrogen and oxygen atoms in total. The zero-order chi connectivity index (χ0) is 14.1. The summed E-state index contributed by atoms with van der Waals surface area (Å²) < 4.78 is 10.5. The molecule has 1 aliphatic rings. The van der Waals surface area contributed by atoms with Crippen LogP contribution in [-0.4, -0.2) is 62.9 Å². The van der Waals surface area contributed by atoms with Crippen molar-refractivity contribution in [2.45, 2.75) is 45.3 Å². The monoisotopic (exact) mass is 272 g/mol. The molecule has 5 heteroatoms. The summed E-state index contributed by atoms with van der Waals surface area (Å²) in [6.07, 6.45) is 3.15. The predicted molar refractivity (Wildman–Crippen MR) is 75.2 cm³/mol. The highest BCUT2D eigenvalue weighted by Crippen LogP contribution is 2.07. The number of carbonyl (C=O) groups is 1. The summed E-state index contributed by atoms with van der Waals surface area (Å²) in [5.41, 5.74) is 0. The second-order valence-electron chi connectivity index (χ2n) is 5.15. The molecule has 0 radical (unpaired) electrons. The molecule has 0 aromatic heterocycles. The Kier molecular flexibility index (Phi) is 8.02. The molecule has 112 valence electrons. The van der Waals surface area contributed by atoms with Crippen molar-refractivity contribution < 1.29 is 14.3 Å². The third-order valence-electron chi connectivity index (χ3n) is 3.40. The summed E-state index contributed by atoms with van der Waals surface area (Å²) in [6, 6.07) is -0.190. The number of hydrogen-bond acceptors (Lipinski definition) is 5. The van der Waals surface area contributed by atoms with Gasteiger partial charge in [0.1, 0.15) is 6.04 Å². The molecule has 1 fully saturated rings. The standard InChI is InChI=1S/C14H28N2O3/c1-4-7-15-13(14(17)18-3)6-9-16-8-5-10-19-12(2)11-16/h12-13,15H,4-11H2,1-3H3. The summed E-state index contributed by atoms with van der Waals surface area (Å²) in [7, 11) is 1.45. The van der Waals surface area contributed by atoms with Gasteiger partial charge in [-0.05, 0) is 32.7 Å². The van der Waals surface area contributed by atoms with Gasteiger partial charge >= 0.3 is 5.97 Å². The van der Waals surface area contributed by atoms with Gasteiger partial charge in [-0.2, -0.15) is 0 Å². The first-order valence-corrected chi connectivity index (χ1v) is 7.32. The Morgan fingerprint density at radius 3 is 3.05 bits per heavy atom. The predicted octanol–water partition coefficient (Wildman–Crippen LogP) is 1.03. The maximum atomic E-state index is 11.7. The minimum absolute atomic E-state index is 0.160. The van der Waals surface area contributed by atoms with E-state index < -0.39 is 0 Å². The number of ether oxygens (including phenoxy) is 2. The summed E-state index contributed by atoms with van der Waals surface area (Å²) >= 11 is 0. The molecular formula is C14H28N2O3. The zero-order valence-electron chi connectivity index (χ0n) is 12.5. The van der Waals surface area contributed by atoms with E-state index in [0.717, 1.165) is 52.0 Å². The van der Waals surface area contributed by atoms with Gasteiger partial charge in [-0.15, -0.1) is 0 Å². The lowest BCUT2D eigenvalue weighted by Crippen LogP contribution is -2.42. The number of rotatable bonds is 7. The number of hydrogen-bond donors (Lipinski definition) is 1. The van der Waals surface area contributed by atoms with Crippen molar-refractivity contribution in [3.05, 3.63) is 0 Å². The van der Waals surface area contributed by atoms with E-state index >= 15 is 0 Å². The Morgan fingerprint density at radius 1 is 1.58 bits per heavy atom. The third-order valence-corrected chi connectivity index (χ3v) is 3.40. The molecule has 0 saturated carbocycles. The molecule has 1 N–H and O–H groups in total. The highest BCUT2D eigenvalue weighted by Gasteiger charge is 2.21. The van der Waals surface area contributed by atoms with E-state index in [1.54, 1.807) is 0 Å². The van der Waals surface area contributed by atoms with Gasteiger partial charge in [-0.3, -0.25) is 4.79 Å². The Balaban J connectivity index is 2.38. The van der Waals surface area contributed by atoms with Crippen molar-refractivity contribution in [1.82, 2.24) is 10.2 Å². The van der Waals surface area contributed by atoms with Crippen molar-refractivity contribution in [3.8, 4) is 0 Å². The summed E-state index contributed by atoms with van der Waals surface area (Å²) in [5.74, 6) is -0.160. The molecule has 0 aromatic carbocycles. The minimum atomic E-state index is -0.190. The van der Waals surface area contributed by atoms with Crippen molar-refractivity contribution in [2.24, 2.45) is 0 Å². The van der Waals surface area contributed by atoms with Crippen LogP contribution in [0.2, 0.25) is 0 Å². The fraction of sp³-hybridized carbons (Fsp3) is 0.929. The number of carbonyl (C=O) groups excluding carboxylic acids is 1. The molecule has 1 heterocycles. The number of esters is 1. The lowest BCUT2D eigenvalue weighted by atomic mass is 10.2. The zero-order valence-corrected chi connectivity index (χ0v) is 12.5. The van der Waals surface area contributed by atoms with Crippen LogP contribution in [0.5, 0.6) is 0 Å². The van der Waals surface area contributed by atoms with Gasteiger partial charge in [-0.1, -0.05) is 6.92 Å². The van der Waals surface area contributed by atoms with E-state index in [0.29, 0.717) is 0 Å². The number of methoxy groups -OCH3 is 1. The largest absolute Gasteiger partial charge is 0.468 e. The first-order chi connectivity index (χ1) is 9.17. The number of nitrogens with zero attached hydrogens (tertiary/aromatic N) is 1. The van der Waals surface area contributed by atoms with E-state index in [1.165, 1.54) is 7.11 Å². The third kappa shape index (κ3) is 6.36. The molecule has 0 amide bonds. The molecule has 1 rings (SSSR count). The van der Waals surface area contributed by atoms with Crippen LogP contribution in [0, 0.1) is 0 Å². The molecule has 19 heavy (non-hydrogen) atoms. The normalized spacial score (nSPS) is 22.8. The SMILES string of the molecule is CCCNC(CCN1CCCOC(C)C1)C(=O)OC. The summed E-state index contributed by atoms with van der Waals surface area (Å²) in [4.78, 5) is 14.1. The van der Waals surface area contributed by atoms with Gasteiger partial charge in [0.05, 0.1) is 13.2 Å². The van der Waals surface area contributed by atoms with E-state index in [4.69, 9.17) is 9.47 Å². The van der Waals surface area contributed by atoms with Gasteiger partial charge < -0.3 is 19.7 Å². The van der Waals surface area contributed by atoms with Crippen LogP contribution in [0.3, 0.4) is 0 Å². The van der Waals surface area contributed by atoms with Gasteiger partial charge in [0.2, 0.25) is 0 Å². The van der Waals surface area contributed by atoms with Crippen LogP contribution >= 0.6 is 0 Å². The van der Waals surface area contributed by atoms with Crippen molar-refractivity contribution in [3.63, 3.8) is 0 Å². The Bertz CT molecular complexity index is 261. The van der Waals surface area contributed by atoms with E-state index in [2.05, 4.69) is 24.1 Å². The van der Waals surface area contributed by atoms with Gasteiger partial charge in [-0.25, -0.2) is 0 Å². The van der Waals surface area contributed by atoms with E-state index in [9.17, 15) is 4.79 Å². The van der Waals surface area contributed by atoms with Gasteiger partial charge in [0, 0.05) is 26.2 Å². The van der Waals surface area contributed by atoms with Crippen LogP contribution in [0.4, 0.5) is 0 Å². The highest BCUT2D eigenvalue weighted by atomic mass is 16.5. The van der Waals surface area contributed by atoms with Gasteiger partial charge in [0.25, 0.3) is 0 Å². The maximum absolute atomic E-state index is 11.7. The first kappa shape index (κ1) is 16.4. The fourth-order valence-electron chi connectivity index (χ4n) is 2.36. The quantitative estimate of drug-likeness (QED) is 0.702. The van der Waals surface area contributed by atoms with Crippen molar-refractivity contribution in [1.29, 1.82) is 0 Å². The summed E-state index contributed by atoms with van der Waals surface area (Å²) in [5, 5.41) is 3.25. The molecule has 0 aliphatic carbocycles. The van der Waals surface area contributed by atoms with Crippen LogP contribution in [0.25, 0.3) is 0 Å². The van der Waals surface area contributed by atoms with Crippen LogP contribution in [0.15, 0.2) is 0 Å². The Labute approximate surface area is 116 Å². The van der Waals surface area contributed by atoms with Crippen LogP contribution in [0.1, 0.15) is 33.1 Å². The molecule has 0 spiro atoms. The second kappa shape index (κ2) is 9.28. The van der Waals surface area contributed by atoms with Crippen molar-refractivity contribution in [2.75, 3.05) is 39.9 Å². The average Bonchev–Trinajstić information content (AvgIpc) is 2.62. The van der Waals surface area contributed by atoms with Crippen LogP contribution < -0.4 is 5.32 Å². The van der Waals surface area contributed by atoms with Crippen LogP contribution in [-0.2, 0) is 14.3 Å². The van der Waals surface area contributed by atoms with E-state index in [-0.39, 0.29) is 18.1 Å². The lowest BCUT2D eigenvalue weighted by molar-refractivity contribution is -0.143. The first-order valence-electron chi connectivity index (χ1n) is 7.32. The average molecular weight is 272 g/mol. The molecule has 0 aromatic rings. The fourth-order valence-corrected chi connectivity index (χ4v) is 2.36. The number of nitrogens with one attached hydrogen (secondary N) is 1. The van der Waals surface area contributed by atoms with Crippen molar-refractivity contribution >= 4 is 5.97 Å². The van der Waals surface area contributed by atoms with E-state index in [1.807, 2.05) is 0 Å². The summed E-state index contributed by atoms with van der Waals surface area (Å²) in [6.45, 7) is 8.78. The Hall–Kier alpha value is -0.650. The Morgan fingerprint density at radius 2 is 2.37 bits per heavy atom. The smallest absolute Gasteiger partial charge is 0.322 e. The molecule has 2 unspecified atom stereocenters. The molecule has 0 bridgehead atoms. The minimum Gasteiger partial charge on any atom is -0.468 e. The highest BCUT2D eigenvalue weighted by molar-refractivity contribution is 5.75. The molecule has 1 aliphatic heterocycles. The topological polar surface area (TPSA) is 50.8 Å². The molecular weight excluding hydrogens is 244 g/mol. The van der Waals surface area contributed by atoms with Gasteiger partial charge in [0.15, 0.2) is 0 Å². The molecule has 2 atom stereocenters. The second-order valence-corrected chi connectivity index (χ2v) is 5.15. The maximum Gasteiger partial charge on any atom is 0.322 e. The lowest BCUT2D eigenvalue weighted by Gasteiger charge is -2.24. The molecule has 1 saturated heterocycles.